The fraction of sp³-hybridized carbons (Fsp3) is 0.333. The largest absolute Gasteiger partial charge is 0.496 e. The van der Waals surface area contributed by atoms with Crippen molar-refractivity contribution in [2.24, 2.45) is 0 Å². The molecule has 0 amide bonds. The molecule has 0 aliphatic carbocycles. The summed E-state index contributed by atoms with van der Waals surface area (Å²) in [5.41, 5.74) is 2.42. The number of carbonyl (C=O) groups is 1. The molecule has 1 unspecified atom stereocenters. The highest BCUT2D eigenvalue weighted by molar-refractivity contribution is 5.87. The Morgan fingerprint density at radius 1 is 1.27 bits per heavy atom. The highest BCUT2D eigenvalue weighted by Gasteiger charge is 2.25. The van der Waals surface area contributed by atoms with Crippen molar-refractivity contribution in [3.05, 3.63) is 83.1 Å². The predicted octanol–water partition coefficient (Wildman–Crippen LogP) is 4.35. The maximum absolute atomic E-state index is 11.2. The Hall–Kier alpha value is -3.12. The first-order chi connectivity index (χ1) is 14.6. The zero-order valence-electron chi connectivity index (χ0n) is 17.1. The SMILES string of the molecule is COc1ccccc1Cc1cnc(C2CCCN(Cc3cccc(C(=O)O)c3)C2)o1. The summed E-state index contributed by atoms with van der Waals surface area (Å²) in [7, 11) is 1.67. The van der Waals surface area contributed by atoms with Crippen LogP contribution in [0.2, 0.25) is 0 Å². The summed E-state index contributed by atoms with van der Waals surface area (Å²) in [6, 6.07) is 15.1. The summed E-state index contributed by atoms with van der Waals surface area (Å²) in [6.45, 7) is 2.57. The number of nitrogens with zero attached hydrogens (tertiary/aromatic N) is 2. The molecule has 3 aromatic rings. The monoisotopic (exact) mass is 406 g/mol. The van der Waals surface area contributed by atoms with Gasteiger partial charge in [-0.15, -0.1) is 0 Å². The van der Waals surface area contributed by atoms with Gasteiger partial charge in [0.1, 0.15) is 11.5 Å². The molecule has 1 aromatic heterocycles. The van der Waals surface area contributed by atoms with Crippen molar-refractivity contribution in [1.82, 2.24) is 9.88 Å². The second-order valence-corrected chi connectivity index (χ2v) is 7.73. The van der Waals surface area contributed by atoms with E-state index in [9.17, 15) is 9.90 Å². The van der Waals surface area contributed by atoms with Crippen LogP contribution in [0.3, 0.4) is 0 Å². The lowest BCUT2D eigenvalue weighted by Crippen LogP contribution is -2.34. The topological polar surface area (TPSA) is 75.8 Å². The summed E-state index contributed by atoms with van der Waals surface area (Å²) < 4.78 is 11.5. The number of oxazole rings is 1. The van der Waals surface area contributed by atoms with Gasteiger partial charge in [-0.2, -0.15) is 0 Å². The van der Waals surface area contributed by atoms with Crippen molar-refractivity contribution >= 4 is 5.97 Å². The third kappa shape index (κ3) is 4.71. The number of rotatable bonds is 7. The number of aromatic carboxylic acids is 1. The van der Waals surface area contributed by atoms with E-state index >= 15 is 0 Å². The molecule has 2 heterocycles. The van der Waals surface area contributed by atoms with E-state index in [-0.39, 0.29) is 5.92 Å². The number of para-hydroxylation sites is 1. The molecule has 6 nitrogen and oxygen atoms in total. The molecule has 0 saturated carbocycles. The molecule has 0 bridgehead atoms. The van der Waals surface area contributed by atoms with Gasteiger partial charge < -0.3 is 14.3 Å². The quantitative estimate of drug-likeness (QED) is 0.629. The maximum atomic E-state index is 11.2. The van der Waals surface area contributed by atoms with Gasteiger partial charge >= 0.3 is 5.97 Å². The van der Waals surface area contributed by atoms with E-state index in [1.165, 1.54) is 0 Å². The number of aromatic nitrogens is 1. The molecule has 6 heteroatoms. The zero-order valence-corrected chi connectivity index (χ0v) is 17.1. The Labute approximate surface area is 176 Å². The Balaban J connectivity index is 1.41. The molecule has 1 aliphatic heterocycles. The van der Waals surface area contributed by atoms with Crippen molar-refractivity contribution < 1.29 is 19.1 Å². The number of carboxylic acid groups (broad SMARTS) is 1. The summed E-state index contributed by atoms with van der Waals surface area (Å²) in [6.07, 6.45) is 4.57. The lowest BCUT2D eigenvalue weighted by atomic mass is 9.97. The van der Waals surface area contributed by atoms with Gasteiger partial charge in [0.05, 0.1) is 18.9 Å². The highest BCUT2D eigenvalue weighted by Crippen LogP contribution is 2.29. The Morgan fingerprint density at radius 2 is 2.13 bits per heavy atom. The van der Waals surface area contributed by atoms with E-state index in [0.717, 1.165) is 61.0 Å². The molecule has 0 radical (unpaired) electrons. The molecular formula is C24H26N2O4. The molecule has 1 fully saturated rings. The lowest BCUT2D eigenvalue weighted by molar-refractivity contribution is 0.0696. The minimum Gasteiger partial charge on any atom is -0.496 e. The molecule has 1 atom stereocenters. The van der Waals surface area contributed by atoms with Crippen LogP contribution in [0.25, 0.3) is 0 Å². The second kappa shape index (κ2) is 9.13. The van der Waals surface area contributed by atoms with Gasteiger partial charge in [-0.3, -0.25) is 4.90 Å². The van der Waals surface area contributed by atoms with E-state index in [1.54, 1.807) is 25.3 Å². The molecule has 0 spiro atoms. The van der Waals surface area contributed by atoms with Crippen LogP contribution in [0.5, 0.6) is 5.75 Å². The van der Waals surface area contributed by atoms with Gasteiger partial charge in [0, 0.05) is 31.0 Å². The normalized spacial score (nSPS) is 17.0. The number of likely N-dealkylation sites (tertiary alicyclic amines) is 1. The number of hydrogen-bond donors (Lipinski definition) is 1. The molecule has 156 valence electrons. The number of ether oxygens (including phenoxy) is 1. The van der Waals surface area contributed by atoms with E-state index in [1.807, 2.05) is 36.5 Å². The number of methoxy groups -OCH3 is 1. The third-order valence-electron chi connectivity index (χ3n) is 5.56. The number of carboxylic acids is 1. The van der Waals surface area contributed by atoms with Crippen LogP contribution >= 0.6 is 0 Å². The van der Waals surface area contributed by atoms with Crippen LogP contribution in [0.4, 0.5) is 0 Å². The smallest absolute Gasteiger partial charge is 0.335 e. The van der Waals surface area contributed by atoms with Gasteiger partial charge in [0.15, 0.2) is 5.89 Å². The van der Waals surface area contributed by atoms with Crippen molar-refractivity contribution in [2.45, 2.75) is 31.7 Å². The van der Waals surface area contributed by atoms with Crippen molar-refractivity contribution in [1.29, 1.82) is 0 Å². The lowest BCUT2D eigenvalue weighted by Gasteiger charge is -2.31. The highest BCUT2D eigenvalue weighted by atomic mass is 16.5. The fourth-order valence-electron chi connectivity index (χ4n) is 4.09. The standard InChI is InChI=1S/C24H26N2O4/c1-29-22-10-3-2-7-18(22)13-21-14-25-23(30-21)20-9-5-11-26(16-20)15-17-6-4-8-19(12-17)24(27)28/h2-4,6-8,10,12,14,20H,5,9,11,13,15-16H2,1H3,(H,27,28). The van der Waals surface area contributed by atoms with Gasteiger partial charge in [-0.05, 0) is 43.1 Å². The van der Waals surface area contributed by atoms with Crippen LogP contribution < -0.4 is 4.74 Å². The Morgan fingerprint density at radius 3 is 2.97 bits per heavy atom. The number of hydrogen-bond acceptors (Lipinski definition) is 5. The molecule has 4 rings (SSSR count). The summed E-state index contributed by atoms with van der Waals surface area (Å²) in [4.78, 5) is 18.1. The zero-order chi connectivity index (χ0) is 20.9. The average Bonchev–Trinajstić information content (AvgIpc) is 3.23. The summed E-state index contributed by atoms with van der Waals surface area (Å²) >= 11 is 0. The first-order valence-corrected chi connectivity index (χ1v) is 10.2. The molecule has 1 N–H and O–H groups in total. The van der Waals surface area contributed by atoms with Crippen molar-refractivity contribution in [3.8, 4) is 5.75 Å². The Bertz CT molecular complexity index is 1010. The van der Waals surface area contributed by atoms with Gasteiger partial charge in [0.2, 0.25) is 0 Å². The second-order valence-electron chi connectivity index (χ2n) is 7.73. The van der Waals surface area contributed by atoms with Gasteiger partial charge in [0.25, 0.3) is 0 Å². The van der Waals surface area contributed by atoms with E-state index in [2.05, 4.69) is 9.88 Å². The molecular weight excluding hydrogens is 380 g/mol. The van der Waals surface area contributed by atoms with E-state index in [4.69, 9.17) is 9.15 Å². The van der Waals surface area contributed by atoms with Crippen LogP contribution in [-0.4, -0.2) is 41.2 Å². The minimum atomic E-state index is -0.893. The number of piperidine rings is 1. The molecule has 1 aliphatic rings. The van der Waals surface area contributed by atoms with Crippen molar-refractivity contribution in [3.63, 3.8) is 0 Å². The minimum absolute atomic E-state index is 0.243. The van der Waals surface area contributed by atoms with Crippen LogP contribution in [0, 0.1) is 0 Å². The van der Waals surface area contributed by atoms with Crippen LogP contribution in [0.15, 0.2) is 59.1 Å². The van der Waals surface area contributed by atoms with Crippen LogP contribution in [0.1, 0.15) is 51.9 Å². The molecule has 2 aromatic carbocycles. The number of benzene rings is 2. The first kappa shape index (κ1) is 20.2. The first-order valence-electron chi connectivity index (χ1n) is 10.2. The van der Waals surface area contributed by atoms with Crippen LogP contribution in [-0.2, 0) is 13.0 Å². The molecule has 1 saturated heterocycles. The molecule has 30 heavy (non-hydrogen) atoms. The van der Waals surface area contributed by atoms with Gasteiger partial charge in [-0.25, -0.2) is 9.78 Å². The predicted molar refractivity (Wildman–Crippen MR) is 113 cm³/mol. The van der Waals surface area contributed by atoms with Crippen molar-refractivity contribution in [2.75, 3.05) is 20.2 Å². The average molecular weight is 406 g/mol. The summed E-state index contributed by atoms with van der Waals surface area (Å²) in [5, 5.41) is 9.20. The third-order valence-corrected chi connectivity index (χ3v) is 5.56. The Kier molecular flexibility index (Phi) is 6.14. The van der Waals surface area contributed by atoms with E-state index in [0.29, 0.717) is 12.0 Å². The van der Waals surface area contributed by atoms with Gasteiger partial charge in [-0.1, -0.05) is 30.3 Å². The van der Waals surface area contributed by atoms with E-state index < -0.39 is 5.97 Å². The summed E-state index contributed by atoms with van der Waals surface area (Å²) in [5.74, 6) is 1.82. The maximum Gasteiger partial charge on any atom is 0.335 e. The fourth-order valence-corrected chi connectivity index (χ4v) is 4.09.